The number of alkyl halides is 6. The summed E-state index contributed by atoms with van der Waals surface area (Å²) < 4.78 is 83.4. The van der Waals surface area contributed by atoms with Gasteiger partial charge in [0.25, 0.3) is 0 Å². The summed E-state index contributed by atoms with van der Waals surface area (Å²) >= 11 is 0. The summed E-state index contributed by atoms with van der Waals surface area (Å²) in [5.41, 5.74) is 0.756. The Morgan fingerprint density at radius 1 is 0.812 bits per heavy atom. The van der Waals surface area contributed by atoms with Crippen LogP contribution in [0.1, 0.15) is 5.69 Å². The number of benzene rings is 2. The van der Waals surface area contributed by atoms with Crippen molar-refractivity contribution in [2.45, 2.75) is 19.1 Å². The smallest absolute Gasteiger partial charge is 0.481 e. The number of hydrogen-bond donors (Lipinski definition) is 1. The van der Waals surface area contributed by atoms with Crippen molar-refractivity contribution in [3.8, 4) is 33.9 Å². The second kappa shape index (κ2) is 8.77. The Balaban J connectivity index is 2.12. The fourth-order valence-corrected chi connectivity index (χ4v) is 2.91. The number of ether oxygens (including phenoxy) is 2. The number of carboxylic acid groups (broad SMARTS) is 1. The third-order valence-electron chi connectivity index (χ3n) is 4.00. The molecule has 0 saturated carbocycles. The number of nitrogens with zero attached hydrogens (tertiary/aromatic N) is 1. The summed E-state index contributed by atoms with van der Waals surface area (Å²) in [7, 11) is 0. The first-order chi connectivity index (χ1) is 14.9. The monoisotopic (exact) mass is 457 g/mol. The van der Waals surface area contributed by atoms with Crippen molar-refractivity contribution in [3.63, 3.8) is 0 Å². The molecule has 2 aromatic carbocycles. The molecule has 11 heteroatoms. The van der Waals surface area contributed by atoms with Crippen molar-refractivity contribution in [1.82, 2.24) is 4.98 Å². The second-order valence-corrected chi connectivity index (χ2v) is 6.42. The first-order valence-corrected chi connectivity index (χ1v) is 8.84. The molecule has 1 heterocycles. The van der Waals surface area contributed by atoms with Gasteiger partial charge in [-0.15, -0.1) is 26.3 Å². The highest BCUT2D eigenvalue weighted by molar-refractivity contribution is 5.82. The van der Waals surface area contributed by atoms with Gasteiger partial charge in [0, 0.05) is 11.1 Å². The maximum atomic E-state index is 12.6. The normalized spacial score (nSPS) is 11.8. The standard InChI is InChI=1S/C21H13F6NO4/c22-20(23,24)31-15-5-1-3-12(9-15)17-8-7-14(11-18(29)30)28-19(17)13-4-2-6-16(10-13)32-21(25,26)27/h1-10H,11H2,(H,29,30). The molecule has 0 bridgehead atoms. The third kappa shape index (κ3) is 6.37. The van der Waals surface area contributed by atoms with Gasteiger partial charge in [0.2, 0.25) is 0 Å². The first-order valence-electron chi connectivity index (χ1n) is 8.84. The van der Waals surface area contributed by atoms with Crippen molar-refractivity contribution in [1.29, 1.82) is 0 Å². The molecule has 0 unspecified atom stereocenters. The number of pyridine rings is 1. The van der Waals surface area contributed by atoms with Gasteiger partial charge >= 0.3 is 18.7 Å². The molecule has 32 heavy (non-hydrogen) atoms. The molecule has 3 rings (SSSR count). The van der Waals surface area contributed by atoms with Crippen molar-refractivity contribution >= 4 is 5.97 Å². The Morgan fingerprint density at radius 3 is 1.88 bits per heavy atom. The lowest BCUT2D eigenvalue weighted by molar-refractivity contribution is -0.275. The van der Waals surface area contributed by atoms with Gasteiger partial charge in [0.05, 0.1) is 17.8 Å². The summed E-state index contributed by atoms with van der Waals surface area (Å²) in [6.07, 6.45) is -10.3. The predicted molar refractivity (Wildman–Crippen MR) is 99.8 cm³/mol. The lowest BCUT2D eigenvalue weighted by Crippen LogP contribution is -2.17. The minimum absolute atomic E-state index is 0.0560. The van der Waals surface area contributed by atoms with E-state index in [2.05, 4.69) is 14.5 Å². The van der Waals surface area contributed by atoms with E-state index in [1.165, 1.54) is 36.4 Å². The zero-order chi connectivity index (χ0) is 23.5. The topological polar surface area (TPSA) is 68.7 Å². The number of rotatable bonds is 6. The van der Waals surface area contributed by atoms with Crippen LogP contribution in [-0.4, -0.2) is 28.8 Å². The van der Waals surface area contributed by atoms with Gasteiger partial charge in [-0.3, -0.25) is 9.78 Å². The minimum atomic E-state index is -4.94. The maximum Gasteiger partial charge on any atom is 0.573 e. The Bertz CT molecular complexity index is 1130. The fourth-order valence-electron chi connectivity index (χ4n) is 2.91. The van der Waals surface area contributed by atoms with Crippen LogP contribution in [0.25, 0.3) is 22.4 Å². The number of aromatic nitrogens is 1. The molecule has 5 nitrogen and oxygen atoms in total. The zero-order valence-electron chi connectivity index (χ0n) is 15.9. The molecule has 0 atom stereocenters. The first kappa shape index (κ1) is 22.9. The summed E-state index contributed by atoms with van der Waals surface area (Å²) in [5.74, 6) is -2.24. The van der Waals surface area contributed by atoms with Crippen LogP contribution in [0.2, 0.25) is 0 Å². The third-order valence-corrected chi connectivity index (χ3v) is 4.00. The van der Waals surface area contributed by atoms with Gasteiger partial charge in [-0.1, -0.05) is 30.3 Å². The average Bonchev–Trinajstić information content (AvgIpc) is 2.65. The van der Waals surface area contributed by atoms with Crippen molar-refractivity contribution in [3.05, 3.63) is 66.4 Å². The SMILES string of the molecule is O=C(O)Cc1ccc(-c2cccc(OC(F)(F)F)c2)c(-c2cccc(OC(F)(F)F)c2)n1. The quantitative estimate of drug-likeness (QED) is 0.471. The van der Waals surface area contributed by atoms with E-state index in [0.717, 1.165) is 24.3 Å². The van der Waals surface area contributed by atoms with Gasteiger partial charge in [0.15, 0.2) is 0 Å². The maximum absolute atomic E-state index is 12.6. The minimum Gasteiger partial charge on any atom is -0.481 e. The van der Waals surface area contributed by atoms with Gasteiger partial charge in [-0.2, -0.15) is 0 Å². The van der Waals surface area contributed by atoms with Crippen LogP contribution >= 0.6 is 0 Å². The van der Waals surface area contributed by atoms with E-state index < -0.39 is 36.6 Å². The van der Waals surface area contributed by atoms with E-state index in [0.29, 0.717) is 0 Å². The van der Waals surface area contributed by atoms with Crippen molar-refractivity contribution in [2.24, 2.45) is 0 Å². The number of carboxylic acids is 1. The molecule has 0 aliphatic rings. The van der Waals surface area contributed by atoms with Crippen LogP contribution in [0.15, 0.2) is 60.7 Å². The molecule has 1 aromatic heterocycles. The average molecular weight is 457 g/mol. The van der Waals surface area contributed by atoms with Crippen molar-refractivity contribution < 1.29 is 45.7 Å². The lowest BCUT2D eigenvalue weighted by atomic mass is 9.98. The summed E-state index contributed by atoms with van der Waals surface area (Å²) in [6, 6.07) is 12.5. The molecule has 0 saturated heterocycles. The van der Waals surface area contributed by atoms with Crippen LogP contribution in [0.5, 0.6) is 11.5 Å². The molecule has 0 amide bonds. The van der Waals surface area contributed by atoms with Gasteiger partial charge < -0.3 is 14.6 Å². The Labute approximate surface area is 176 Å². The summed E-state index contributed by atoms with van der Waals surface area (Å²) in [4.78, 5) is 15.3. The number of hydrogen-bond acceptors (Lipinski definition) is 4. The predicted octanol–water partition coefficient (Wildman–Crippen LogP) is 5.84. The van der Waals surface area contributed by atoms with E-state index in [1.54, 1.807) is 0 Å². The highest BCUT2D eigenvalue weighted by Crippen LogP contribution is 2.36. The molecule has 0 spiro atoms. The molecule has 168 valence electrons. The van der Waals surface area contributed by atoms with Crippen LogP contribution in [0, 0.1) is 0 Å². The Kier molecular flexibility index (Phi) is 6.28. The zero-order valence-corrected chi connectivity index (χ0v) is 15.9. The number of aliphatic carboxylic acids is 1. The summed E-state index contributed by atoms with van der Waals surface area (Å²) in [6.45, 7) is 0. The van der Waals surface area contributed by atoms with Gasteiger partial charge in [0.1, 0.15) is 11.5 Å². The molecule has 0 aliphatic heterocycles. The second-order valence-electron chi connectivity index (χ2n) is 6.42. The molecular weight excluding hydrogens is 444 g/mol. The number of carbonyl (C=O) groups is 1. The van der Waals surface area contributed by atoms with E-state index in [9.17, 15) is 31.1 Å². The van der Waals surface area contributed by atoms with Crippen LogP contribution in [-0.2, 0) is 11.2 Å². The van der Waals surface area contributed by atoms with Gasteiger partial charge in [-0.05, 0) is 35.9 Å². The van der Waals surface area contributed by atoms with Crippen LogP contribution < -0.4 is 9.47 Å². The van der Waals surface area contributed by atoms with Crippen LogP contribution in [0.4, 0.5) is 26.3 Å². The summed E-state index contributed by atoms with van der Waals surface area (Å²) in [5, 5.41) is 9.02. The van der Waals surface area contributed by atoms with E-state index in [1.807, 2.05) is 0 Å². The molecule has 0 fully saturated rings. The number of halogens is 6. The van der Waals surface area contributed by atoms with E-state index >= 15 is 0 Å². The molecule has 0 radical (unpaired) electrons. The molecule has 0 aliphatic carbocycles. The molecule has 1 N–H and O–H groups in total. The van der Waals surface area contributed by atoms with Crippen molar-refractivity contribution in [2.75, 3.05) is 0 Å². The van der Waals surface area contributed by atoms with E-state index in [4.69, 9.17) is 5.11 Å². The Morgan fingerprint density at radius 2 is 1.34 bits per heavy atom. The van der Waals surface area contributed by atoms with E-state index in [-0.39, 0.29) is 28.1 Å². The Hall–Kier alpha value is -3.76. The van der Waals surface area contributed by atoms with Gasteiger partial charge in [-0.25, -0.2) is 0 Å². The lowest BCUT2D eigenvalue weighted by Gasteiger charge is -2.15. The van der Waals surface area contributed by atoms with Crippen LogP contribution in [0.3, 0.4) is 0 Å². The highest BCUT2D eigenvalue weighted by Gasteiger charge is 2.32. The fraction of sp³-hybridized carbons (Fsp3) is 0.143. The largest absolute Gasteiger partial charge is 0.573 e. The highest BCUT2D eigenvalue weighted by atomic mass is 19.4. The molecule has 3 aromatic rings. The molecular formula is C21H13F6NO4.